The molecule has 0 aliphatic carbocycles. The van der Waals surface area contributed by atoms with E-state index in [1.807, 2.05) is 0 Å². The van der Waals surface area contributed by atoms with Crippen molar-refractivity contribution < 1.29 is 14.6 Å². The molecule has 0 unspecified atom stereocenters. The largest absolute Gasteiger partial charge is 0.396 e. The molecule has 0 aromatic carbocycles. The molecule has 0 spiro atoms. The van der Waals surface area contributed by atoms with Gasteiger partial charge in [-0.15, -0.1) is 0 Å². The summed E-state index contributed by atoms with van der Waals surface area (Å²) >= 11 is 0. The van der Waals surface area contributed by atoms with Crippen molar-refractivity contribution in [3.05, 3.63) is 48.6 Å². The molecule has 0 fully saturated rings. The van der Waals surface area contributed by atoms with Gasteiger partial charge in [0.05, 0.1) is 12.7 Å². The van der Waals surface area contributed by atoms with Gasteiger partial charge in [0.15, 0.2) is 0 Å². The first kappa shape index (κ1) is 41.8. The van der Waals surface area contributed by atoms with Crippen LogP contribution in [0, 0.1) is 0 Å². The Labute approximate surface area is 269 Å². The van der Waals surface area contributed by atoms with Crippen molar-refractivity contribution >= 4 is 0 Å². The van der Waals surface area contributed by atoms with E-state index in [2.05, 4.69) is 62.5 Å². The van der Waals surface area contributed by atoms with Gasteiger partial charge in [-0.2, -0.15) is 0 Å². The quantitative estimate of drug-likeness (QED) is 0.0579. The van der Waals surface area contributed by atoms with E-state index in [0.29, 0.717) is 13.0 Å². The number of hydrogen-bond donors (Lipinski definition) is 1. The minimum absolute atomic E-state index is 0.0348. The monoisotopic (exact) mass is 603 g/mol. The maximum atomic E-state index is 9.38. The van der Waals surface area contributed by atoms with Crippen LogP contribution in [0.3, 0.4) is 0 Å². The summed E-state index contributed by atoms with van der Waals surface area (Å²) in [5.74, 6) is 0. The highest BCUT2D eigenvalue weighted by Crippen LogP contribution is 2.11. The third-order valence-electron chi connectivity index (χ3n) is 7.94. The summed E-state index contributed by atoms with van der Waals surface area (Å²) in [6.45, 7) is 6.90. The van der Waals surface area contributed by atoms with Crippen molar-refractivity contribution in [3.8, 4) is 0 Å². The minimum atomic E-state index is 0.0348. The molecule has 0 aliphatic heterocycles. The van der Waals surface area contributed by atoms with Gasteiger partial charge in [-0.25, -0.2) is 0 Å². The SMILES string of the molecule is CCCCCC=CCC=CCCCCCCCCOC[C@H](CCO)OCCCCCCCCC=CCC=CCCCCC. The van der Waals surface area contributed by atoms with Gasteiger partial charge in [0.2, 0.25) is 0 Å². The molecule has 0 radical (unpaired) electrons. The first-order valence-electron chi connectivity index (χ1n) is 18.7. The van der Waals surface area contributed by atoms with Gasteiger partial charge in [0, 0.05) is 19.8 Å². The summed E-state index contributed by atoms with van der Waals surface area (Å²) in [7, 11) is 0. The molecule has 3 heteroatoms. The Hall–Kier alpha value is -1.16. The Morgan fingerprint density at radius 3 is 1.30 bits per heavy atom. The number of rotatable bonds is 35. The molecule has 0 amide bonds. The second kappa shape index (κ2) is 38.9. The maximum Gasteiger partial charge on any atom is 0.0830 e. The predicted molar refractivity (Wildman–Crippen MR) is 191 cm³/mol. The number of unbranched alkanes of at least 4 members (excludes halogenated alkanes) is 18. The van der Waals surface area contributed by atoms with Gasteiger partial charge < -0.3 is 14.6 Å². The zero-order valence-electron chi connectivity index (χ0n) is 29.0. The molecule has 0 saturated carbocycles. The Bertz CT molecular complexity index is 621. The van der Waals surface area contributed by atoms with Gasteiger partial charge in [-0.1, -0.05) is 140 Å². The number of aliphatic hydroxyl groups is 1. The van der Waals surface area contributed by atoms with Crippen LogP contribution in [-0.4, -0.2) is 37.6 Å². The fourth-order valence-electron chi connectivity index (χ4n) is 5.11. The topological polar surface area (TPSA) is 38.7 Å². The maximum absolute atomic E-state index is 9.38. The van der Waals surface area contributed by atoms with E-state index in [1.54, 1.807) is 0 Å². The van der Waals surface area contributed by atoms with Crippen molar-refractivity contribution in [2.75, 3.05) is 26.4 Å². The van der Waals surface area contributed by atoms with Gasteiger partial charge >= 0.3 is 0 Å². The van der Waals surface area contributed by atoms with Crippen molar-refractivity contribution in [2.45, 2.75) is 180 Å². The van der Waals surface area contributed by atoms with Gasteiger partial charge in [0.1, 0.15) is 0 Å². The van der Waals surface area contributed by atoms with Crippen molar-refractivity contribution in [1.82, 2.24) is 0 Å². The van der Waals surface area contributed by atoms with Crippen LogP contribution in [-0.2, 0) is 9.47 Å². The van der Waals surface area contributed by atoms with Crippen molar-refractivity contribution in [1.29, 1.82) is 0 Å². The molecule has 1 N–H and O–H groups in total. The molecule has 0 rings (SSSR count). The lowest BCUT2D eigenvalue weighted by Crippen LogP contribution is -2.22. The molecule has 0 aromatic heterocycles. The fourth-order valence-corrected chi connectivity index (χ4v) is 5.11. The summed E-state index contributed by atoms with van der Waals surface area (Å²) in [5.41, 5.74) is 0. The third-order valence-corrected chi connectivity index (χ3v) is 7.94. The van der Waals surface area contributed by atoms with E-state index in [4.69, 9.17) is 9.47 Å². The van der Waals surface area contributed by atoms with Crippen LogP contribution in [0.4, 0.5) is 0 Å². The first-order valence-corrected chi connectivity index (χ1v) is 18.7. The summed E-state index contributed by atoms with van der Waals surface area (Å²) in [6, 6.07) is 0. The molecule has 1 atom stereocenters. The Balaban J connectivity index is 3.48. The summed E-state index contributed by atoms with van der Waals surface area (Å²) < 4.78 is 11.9. The molecule has 0 saturated heterocycles. The minimum Gasteiger partial charge on any atom is -0.396 e. The van der Waals surface area contributed by atoms with Gasteiger partial charge in [0.25, 0.3) is 0 Å². The van der Waals surface area contributed by atoms with Crippen LogP contribution in [0.5, 0.6) is 0 Å². The van der Waals surface area contributed by atoms with E-state index >= 15 is 0 Å². The van der Waals surface area contributed by atoms with Crippen molar-refractivity contribution in [3.63, 3.8) is 0 Å². The standard InChI is InChI=1S/C40H74O3/c1-3-5-7-9-11-13-15-17-19-21-23-25-27-29-31-33-37-42-39-40(35-36-41)43-38-34-32-30-28-26-24-22-20-18-16-14-12-10-8-6-4-2/h11-14,17-20,40-41H,3-10,15-16,21-39H2,1-2H3/t40-/m0/s1. The van der Waals surface area contributed by atoms with Crippen LogP contribution in [0.1, 0.15) is 174 Å². The normalized spacial score (nSPS) is 13.1. The summed E-state index contributed by atoms with van der Waals surface area (Å²) in [6.07, 6.45) is 49.6. The molecule has 0 aromatic rings. The number of ether oxygens (including phenoxy) is 2. The fraction of sp³-hybridized carbons (Fsp3) is 0.800. The Morgan fingerprint density at radius 2 is 0.860 bits per heavy atom. The summed E-state index contributed by atoms with van der Waals surface area (Å²) in [4.78, 5) is 0. The Kier molecular flexibility index (Phi) is 37.8. The molecular formula is C40H74O3. The number of hydrogen-bond acceptors (Lipinski definition) is 3. The molecule has 0 heterocycles. The Morgan fingerprint density at radius 1 is 0.465 bits per heavy atom. The smallest absolute Gasteiger partial charge is 0.0830 e. The highest BCUT2D eigenvalue weighted by molar-refractivity contribution is 4.93. The zero-order valence-corrected chi connectivity index (χ0v) is 29.0. The van der Waals surface area contributed by atoms with Crippen LogP contribution in [0.15, 0.2) is 48.6 Å². The van der Waals surface area contributed by atoms with E-state index in [9.17, 15) is 5.11 Å². The van der Waals surface area contributed by atoms with Gasteiger partial charge in [-0.05, 0) is 83.5 Å². The van der Waals surface area contributed by atoms with Crippen LogP contribution in [0.2, 0.25) is 0 Å². The van der Waals surface area contributed by atoms with E-state index in [1.165, 1.54) is 128 Å². The van der Waals surface area contributed by atoms with E-state index in [0.717, 1.165) is 38.9 Å². The molecule has 0 aliphatic rings. The molecule has 3 nitrogen and oxygen atoms in total. The van der Waals surface area contributed by atoms with Gasteiger partial charge in [-0.3, -0.25) is 0 Å². The van der Waals surface area contributed by atoms with Crippen LogP contribution in [0.25, 0.3) is 0 Å². The van der Waals surface area contributed by atoms with Crippen molar-refractivity contribution in [2.24, 2.45) is 0 Å². The van der Waals surface area contributed by atoms with E-state index < -0.39 is 0 Å². The third kappa shape index (κ3) is 36.9. The highest BCUT2D eigenvalue weighted by Gasteiger charge is 2.08. The average molecular weight is 603 g/mol. The lowest BCUT2D eigenvalue weighted by atomic mass is 10.1. The molecule has 43 heavy (non-hydrogen) atoms. The molecule has 252 valence electrons. The number of allylic oxidation sites excluding steroid dienone is 8. The molecule has 0 bridgehead atoms. The average Bonchev–Trinajstić information content (AvgIpc) is 3.01. The lowest BCUT2D eigenvalue weighted by Gasteiger charge is -2.17. The highest BCUT2D eigenvalue weighted by atomic mass is 16.5. The second-order valence-electron chi connectivity index (χ2n) is 12.2. The van der Waals surface area contributed by atoms with Crippen LogP contribution >= 0.6 is 0 Å². The van der Waals surface area contributed by atoms with Crippen LogP contribution < -0.4 is 0 Å². The molecular weight excluding hydrogens is 528 g/mol. The predicted octanol–water partition coefficient (Wildman–Crippen LogP) is 12.4. The first-order chi connectivity index (χ1) is 21.3. The summed E-state index contributed by atoms with van der Waals surface area (Å²) in [5, 5.41) is 9.38. The lowest BCUT2D eigenvalue weighted by molar-refractivity contribution is -0.0288. The van der Waals surface area contributed by atoms with E-state index in [-0.39, 0.29) is 12.7 Å². The number of aliphatic hydroxyl groups excluding tert-OH is 1. The zero-order chi connectivity index (χ0) is 31.2. The second-order valence-corrected chi connectivity index (χ2v) is 12.2.